The highest BCUT2D eigenvalue weighted by molar-refractivity contribution is 5.92. The van der Waals surface area contributed by atoms with E-state index in [-0.39, 0.29) is 12.0 Å². The van der Waals surface area contributed by atoms with E-state index < -0.39 is 0 Å². The summed E-state index contributed by atoms with van der Waals surface area (Å²) in [5.74, 6) is 0.594. The number of nitrogens with zero attached hydrogens (tertiary/aromatic N) is 5. The van der Waals surface area contributed by atoms with E-state index in [1.54, 1.807) is 22.9 Å². The molecule has 2 aliphatic heterocycles. The third-order valence-electron chi connectivity index (χ3n) is 4.29. The summed E-state index contributed by atoms with van der Waals surface area (Å²) in [4.78, 5) is 38.2. The lowest BCUT2D eigenvalue weighted by molar-refractivity contribution is 0.0298. The largest absolute Gasteiger partial charge is 0.450 e. The van der Waals surface area contributed by atoms with E-state index in [4.69, 9.17) is 9.47 Å². The average molecular weight is 349 g/mol. The van der Waals surface area contributed by atoms with Crippen LogP contribution in [-0.4, -0.2) is 90.9 Å². The molecule has 0 saturated carbocycles. The number of amides is 2. The van der Waals surface area contributed by atoms with Gasteiger partial charge in [0.15, 0.2) is 0 Å². The molecule has 9 heteroatoms. The smallest absolute Gasteiger partial charge is 0.409 e. The Balaban J connectivity index is 1.56. The molecule has 0 aromatic carbocycles. The first-order chi connectivity index (χ1) is 12.2. The maximum absolute atomic E-state index is 12.4. The van der Waals surface area contributed by atoms with E-state index in [9.17, 15) is 9.59 Å². The number of morpholine rings is 1. The molecule has 2 saturated heterocycles. The lowest BCUT2D eigenvalue weighted by Crippen LogP contribution is -2.49. The Kier molecular flexibility index (Phi) is 5.64. The third-order valence-corrected chi connectivity index (χ3v) is 4.29. The van der Waals surface area contributed by atoms with Crippen LogP contribution in [0.25, 0.3) is 0 Å². The molecule has 3 rings (SSSR count). The van der Waals surface area contributed by atoms with Gasteiger partial charge in [-0.25, -0.2) is 14.8 Å². The molecule has 0 bridgehead atoms. The van der Waals surface area contributed by atoms with E-state index >= 15 is 0 Å². The second kappa shape index (κ2) is 8.11. The van der Waals surface area contributed by atoms with Crippen LogP contribution in [-0.2, 0) is 9.47 Å². The first-order valence-corrected chi connectivity index (χ1v) is 8.54. The van der Waals surface area contributed by atoms with Gasteiger partial charge in [-0.3, -0.25) is 4.79 Å². The minimum atomic E-state index is -0.278. The van der Waals surface area contributed by atoms with Crippen molar-refractivity contribution in [3.05, 3.63) is 18.1 Å². The Morgan fingerprint density at radius 1 is 1.04 bits per heavy atom. The monoisotopic (exact) mass is 349 g/mol. The van der Waals surface area contributed by atoms with Crippen molar-refractivity contribution in [3.8, 4) is 0 Å². The summed E-state index contributed by atoms with van der Waals surface area (Å²) >= 11 is 0. The second-order valence-corrected chi connectivity index (χ2v) is 5.84. The molecule has 0 unspecified atom stereocenters. The number of anilines is 1. The fourth-order valence-electron chi connectivity index (χ4n) is 2.86. The van der Waals surface area contributed by atoms with Gasteiger partial charge in [-0.1, -0.05) is 0 Å². The number of piperazine rings is 1. The van der Waals surface area contributed by atoms with Gasteiger partial charge in [0.1, 0.15) is 11.5 Å². The molecule has 1 aromatic heterocycles. The minimum absolute atomic E-state index is 0.116. The Labute approximate surface area is 146 Å². The lowest BCUT2D eigenvalue weighted by Gasteiger charge is -2.34. The van der Waals surface area contributed by atoms with Gasteiger partial charge in [0.25, 0.3) is 5.91 Å². The topological polar surface area (TPSA) is 88.1 Å². The number of hydrogen-bond acceptors (Lipinski definition) is 7. The molecule has 0 aliphatic carbocycles. The van der Waals surface area contributed by atoms with Crippen LogP contribution in [0.3, 0.4) is 0 Å². The standard InChI is InChI=1S/C16H23N5O4/c1-2-25-16(23)21-5-3-19(4-6-21)14-12-17-13(11-18-14)15(22)20-7-9-24-10-8-20/h11-12H,2-10H2,1H3. The van der Waals surface area contributed by atoms with E-state index in [2.05, 4.69) is 9.97 Å². The highest BCUT2D eigenvalue weighted by Gasteiger charge is 2.24. The van der Waals surface area contributed by atoms with Crippen molar-refractivity contribution in [2.24, 2.45) is 0 Å². The van der Waals surface area contributed by atoms with Gasteiger partial charge in [0.2, 0.25) is 0 Å². The number of carbonyl (C=O) groups excluding carboxylic acids is 2. The van der Waals surface area contributed by atoms with Gasteiger partial charge in [-0.2, -0.15) is 0 Å². The highest BCUT2D eigenvalue weighted by atomic mass is 16.6. The van der Waals surface area contributed by atoms with Crippen LogP contribution in [0, 0.1) is 0 Å². The van der Waals surface area contributed by atoms with Crippen LogP contribution < -0.4 is 4.90 Å². The van der Waals surface area contributed by atoms with E-state index in [1.807, 2.05) is 4.90 Å². The average Bonchev–Trinajstić information content (AvgIpc) is 2.68. The number of ether oxygens (including phenoxy) is 2. The van der Waals surface area contributed by atoms with E-state index in [0.29, 0.717) is 70.6 Å². The SMILES string of the molecule is CCOC(=O)N1CCN(c2cnc(C(=O)N3CCOCC3)cn2)CC1. The summed E-state index contributed by atoms with van der Waals surface area (Å²) in [5.41, 5.74) is 0.343. The van der Waals surface area contributed by atoms with Crippen LogP contribution in [0.2, 0.25) is 0 Å². The van der Waals surface area contributed by atoms with Gasteiger partial charge in [0, 0.05) is 39.3 Å². The van der Waals surface area contributed by atoms with Gasteiger partial charge in [0.05, 0.1) is 32.2 Å². The fraction of sp³-hybridized carbons (Fsp3) is 0.625. The summed E-state index contributed by atoms with van der Waals surface area (Å²) in [6.45, 7) is 6.92. The van der Waals surface area contributed by atoms with Gasteiger partial charge >= 0.3 is 6.09 Å². The van der Waals surface area contributed by atoms with Crippen molar-refractivity contribution in [1.29, 1.82) is 0 Å². The van der Waals surface area contributed by atoms with Crippen molar-refractivity contribution < 1.29 is 19.1 Å². The molecule has 1 aromatic rings. The predicted octanol–water partition coefficient (Wildman–Crippen LogP) is 0.228. The molecule has 0 radical (unpaired) electrons. The van der Waals surface area contributed by atoms with Crippen LogP contribution in [0.5, 0.6) is 0 Å². The number of carbonyl (C=O) groups is 2. The van der Waals surface area contributed by atoms with Crippen LogP contribution in [0.4, 0.5) is 10.6 Å². The fourth-order valence-corrected chi connectivity index (χ4v) is 2.86. The zero-order chi connectivity index (χ0) is 17.6. The normalized spacial score (nSPS) is 18.2. The Hall–Kier alpha value is -2.42. The summed E-state index contributed by atoms with van der Waals surface area (Å²) in [5, 5.41) is 0. The molecule has 2 amide bonds. The molecule has 2 aliphatic rings. The molecule has 2 fully saturated rings. The zero-order valence-corrected chi connectivity index (χ0v) is 14.4. The second-order valence-electron chi connectivity index (χ2n) is 5.84. The number of rotatable bonds is 3. The Morgan fingerprint density at radius 3 is 2.36 bits per heavy atom. The van der Waals surface area contributed by atoms with Crippen LogP contribution in [0.1, 0.15) is 17.4 Å². The first kappa shape index (κ1) is 17.4. The molecule has 9 nitrogen and oxygen atoms in total. The quantitative estimate of drug-likeness (QED) is 0.772. The molecule has 0 spiro atoms. The minimum Gasteiger partial charge on any atom is -0.450 e. The van der Waals surface area contributed by atoms with E-state index in [1.165, 1.54) is 6.20 Å². The molecule has 25 heavy (non-hydrogen) atoms. The van der Waals surface area contributed by atoms with Crippen molar-refractivity contribution >= 4 is 17.8 Å². The van der Waals surface area contributed by atoms with E-state index in [0.717, 1.165) is 0 Å². The lowest BCUT2D eigenvalue weighted by atomic mass is 10.3. The maximum atomic E-state index is 12.4. The summed E-state index contributed by atoms with van der Waals surface area (Å²) in [6, 6.07) is 0. The first-order valence-electron chi connectivity index (χ1n) is 8.54. The molecule has 3 heterocycles. The summed E-state index contributed by atoms with van der Waals surface area (Å²) < 4.78 is 10.3. The molecular weight excluding hydrogens is 326 g/mol. The summed E-state index contributed by atoms with van der Waals surface area (Å²) in [6.07, 6.45) is 2.86. The Bertz CT molecular complexity index is 595. The maximum Gasteiger partial charge on any atom is 0.409 e. The van der Waals surface area contributed by atoms with Crippen molar-refractivity contribution in [2.45, 2.75) is 6.92 Å². The molecule has 136 valence electrons. The van der Waals surface area contributed by atoms with Gasteiger partial charge in [-0.05, 0) is 6.92 Å². The molecular formula is C16H23N5O4. The highest BCUT2D eigenvalue weighted by Crippen LogP contribution is 2.14. The van der Waals surface area contributed by atoms with Gasteiger partial charge in [-0.15, -0.1) is 0 Å². The third kappa shape index (κ3) is 4.16. The van der Waals surface area contributed by atoms with Gasteiger partial charge < -0.3 is 24.2 Å². The summed E-state index contributed by atoms with van der Waals surface area (Å²) in [7, 11) is 0. The molecule has 0 atom stereocenters. The predicted molar refractivity (Wildman–Crippen MR) is 89.6 cm³/mol. The van der Waals surface area contributed by atoms with Crippen molar-refractivity contribution in [3.63, 3.8) is 0 Å². The van der Waals surface area contributed by atoms with Crippen molar-refractivity contribution in [1.82, 2.24) is 19.8 Å². The van der Waals surface area contributed by atoms with Crippen LogP contribution in [0.15, 0.2) is 12.4 Å². The zero-order valence-electron chi connectivity index (χ0n) is 14.4. The van der Waals surface area contributed by atoms with Crippen LogP contribution >= 0.6 is 0 Å². The molecule has 0 N–H and O–H groups in total. The number of hydrogen-bond donors (Lipinski definition) is 0. The Morgan fingerprint density at radius 2 is 1.76 bits per heavy atom. The number of aromatic nitrogens is 2. The van der Waals surface area contributed by atoms with Crippen molar-refractivity contribution in [2.75, 3.05) is 64.0 Å².